The first-order valence-corrected chi connectivity index (χ1v) is 3.34. The van der Waals surface area contributed by atoms with Crippen molar-refractivity contribution >= 4 is 11.6 Å². The highest BCUT2D eigenvalue weighted by atomic mass is 19.4. The van der Waals surface area contributed by atoms with Crippen LogP contribution in [0.2, 0.25) is 0 Å². The van der Waals surface area contributed by atoms with Crippen molar-refractivity contribution in [2.75, 3.05) is 5.32 Å². The summed E-state index contributed by atoms with van der Waals surface area (Å²) in [6.07, 6.45) is -4.85. The lowest BCUT2D eigenvalue weighted by Crippen LogP contribution is -2.29. The number of hydrogen-bond acceptors (Lipinski definition) is 1. The number of carbonyl (C=O) groups excluding carboxylic acids is 1. The van der Waals surface area contributed by atoms with Crippen LogP contribution in [0.15, 0.2) is 24.3 Å². The van der Waals surface area contributed by atoms with Crippen LogP contribution in [0.3, 0.4) is 0 Å². The molecule has 0 bridgehead atoms. The Morgan fingerprint density at radius 2 is 1.85 bits per heavy atom. The number of amides is 1. The summed E-state index contributed by atoms with van der Waals surface area (Å²) >= 11 is 0. The van der Waals surface area contributed by atoms with E-state index in [1.165, 1.54) is 24.3 Å². The Labute approximate surface area is 72.4 Å². The lowest BCUT2D eigenvalue weighted by atomic mass is 10.3. The van der Waals surface area contributed by atoms with Gasteiger partial charge in [0.15, 0.2) is 0 Å². The van der Waals surface area contributed by atoms with Crippen LogP contribution in [0, 0.1) is 6.07 Å². The average Bonchev–Trinajstić information content (AvgIpc) is 2.04. The number of benzene rings is 1. The van der Waals surface area contributed by atoms with Crippen molar-refractivity contribution < 1.29 is 18.0 Å². The van der Waals surface area contributed by atoms with Gasteiger partial charge in [-0.1, -0.05) is 12.1 Å². The zero-order chi connectivity index (χ0) is 9.90. The summed E-state index contributed by atoms with van der Waals surface area (Å²) in [5.74, 6) is -1.97. The van der Waals surface area contributed by atoms with Gasteiger partial charge in [0.25, 0.3) is 0 Å². The topological polar surface area (TPSA) is 29.1 Å². The van der Waals surface area contributed by atoms with Crippen molar-refractivity contribution in [3.8, 4) is 0 Å². The summed E-state index contributed by atoms with van der Waals surface area (Å²) in [5, 5.41) is 1.70. The molecule has 0 spiro atoms. The maximum absolute atomic E-state index is 11.7. The van der Waals surface area contributed by atoms with Crippen molar-refractivity contribution in [3.63, 3.8) is 0 Å². The summed E-state index contributed by atoms with van der Waals surface area (Å²) in [6, 6.07) is 8.08. The fourth-order valence-corrected chi connectivity index (χ4v) is 0.672. The van der Waals surface area contributed by atoms with Gasteiger partial charge in [-0.15, -0.1) is 0 Å². The average molecular weight is 188 g/mol. The lowest BCUT2D eigenvalue weighted by molar-refractivity contribution is -0.167. The third-order valence-electron chi connectivity index (χ3n) is 1.23. The summed E-state index contributed by atoms with van der Waals surface area (Å²) in [7, 11) is 0. The number of carbonyl (C=O) groups is 1. The number of halogens is 3. The summed E-state index contributed by atoms with van der Waals surface area (Å²) < 4.78 is 35.1. The summed E-state index contributed by atoms with van der Waals surface area (Å²) in [6.45, 7) is 0. The molecule has 1 amide bonds. The van der Waals surface area contributed by atoms with Crippen LogP contribution in [0.25, 0.3) is 0 Å². The van der Waals surface area contributed by atoms with Gasteiger partial charge in [-0.05, 0) is 18.2 Å². The molecule has 0 unspecified atom stereocenters. The van der Waals surface area contributed by atoms with E-state index in [9.17, 15) is 18.0 Å². The predicted octanol–water partition coefficient (Wildman–Crippen LogP) is 1.99. The Balaban J connectivity index is 2.66. The standard InChI is InChI=1S/C8H5F3NO/c9-8(10,11)7(13)12-6-4-2-1-3-5-6/h2-5H,(H,12,13). The molecule has 0 saturated heterocycles. The third-order valence-corrected chi connectivity index (χ3v) is 1.23. The van der Waals surface area contributed by atoms with E-state index < -0.39 is 12.1 Å². The minimum atomic E-state index is -4.85. The van der Waals surface area contributed by atoms with Crippen LogP contribution >= 0.6 is 0 Å². The van der Waals surface area contributed by atoms with Gasteiger partial charge >= 0.3 is 12.1 Å². The van der Waals surface area contributed by atoms with Crippen LogP contribution < -0.4 is 5.32 Å². The van der Waals surface area contributed by atoms with Crippen molar-refractivity contribution in [2.24, 2.45) is 0 Å². The van der Waals surface area contributed by atoms with Crippen LogP contribution in [0.5, 0.6) is 0 Å². The molecule has 0 aliphatic heterocycles. The molecular formula is C8H5F3NO. The monoisotopic (exact) mass is 188 g/mol. The van der Waals surface area contributed by atoms with E-state index in [-0.39, 0.29) is 5.69 Å². The number of alkyl halides is 3. The Bertz CT molecular complexity index is 294. The summed E-state index contributed by atoms with van der Waals surface area (Å²) in [4.78, 5) is 10.4. The van der Waals surface area contributed by atoms with E-state index in [1.807, 2.05) is 0 Å². The van der Waals surface area contributed by atoms with Crippen molar-refractivity contribution in [3.05, 3.63) is 30.3 Å². The molecule has 1 rings (SSSR count). The molecule has 0 aromatic heterocycles. The first-order valence-electron chi connectivity index (χ1n) is 3.34. The number of rotatable bonds is 1. The van der Waals surface area contributed by atoms with E-state index in [2.05, 4.69) is 6.07 Å². The number of hydrogen-bond donors (Lipinski definition) is 1. The second-order valence-electron chi connectivity index (χ2n) is 2.24. The first kappa shape index (κ1) is 9.57. The molecule has 0 atom stereocenters. The molecular weight excluding hydrogens is 183 g/mol. The Morgan fingerprint density at radius 3 is 2.31 bits per heavy atom. The zero-order valence-electron chi connectivity index (χ0n) is 6.35. The fraction of sp³-hybridized carbons (Fsp3) is 0.125. The third kappa shape index (κ3) is 2.77. The predicted molar refractivity (Wildman–Crippen MR) is 40.0 cm³/mol. The Hall–Kier alpha value is -1.52. The second-order valence-corrected chi connectivity index (χ2v) is 2.24. The van der Waals surface area contributed by atoms with Gasteiger partial charge in [-0.2, -0.15) is 13.2 Å². The summed E-state index contributed by atoms with van der Waals surface area (Å²) in [5.41, 5.74) is 0.0982. The second kappa shape index (κ2) is 3.47. The normalized spacial score (nSPS) is 11.0. The van der Waals surface area contributed by atoms with Gasteiger partial charge in [0, 0.05) is 5.69 Å². The molecule has 13 heavy (non-hydrogen) atoms. The molecule has 0 fully saturated rings. The van der Waals surface area contributed by atoms with Crippen molar-refractivity contribution in [2.45, 2.75) is 6.18 Å². The van der Waals surface area contributed by atoms with Crippen LogP contribution in [-0.2, 0) is 4.79 Å². The molecule has 1 aromatic carbocycles. The Kier molecular flexibility index (Phi) is 2.55. The van der Waals surface area contributed by atoms with E-state index in [4.69, 9.17) is 0 Å². The largest absolute Gasteiger partial charge is 0.471 e. The molecule has 5 heteroatoms. The Morgan fingerprint density at radius 1 is 1.31 bits per heavy atom. The minimum Gasteiger partial charge on any atom is -0.318 e. The lowest BCUT2D eigenvalue weighted by Gasteiger charge is -2.06. The number of anilines is 1. The van der Waals surface area contributed by atoms with Crippen molar-refractivity contribution in [1.82, 2.24) is 0 Å². The molecule has 0 aliphatic carbocycles. The van der Waals surface area contributed by atoms with E-state index in [0.717, 1.165) is 0 Å². The molecule has 69 valence electrons. The van der Waals surface area contributed by atoms with Gasteiger partial charge in [0.1, 0.15) is 0 Å². The fourth-order valence-electron chi connectivity index (χ4n) is 0.672. The minimum absolute atomic E-state index is 0.0982. The molecule has 0 heterocycles. The zero-order valence-corrected chi connectivity index (χ0v) is 6.35. The van der Waals surface area contributed by atoms with Crippen LogP contribution in [0.4, 0.5) is 18.9 Å². The van der Waals surface area contributed by atoms with Gasteiger partial charge in [0.2, 0.25) is 0 Å². The van der Waals surface area contributed by atoms with Gasteiger partial charge < -0.3 is 5.32 Å². The van der Waals surface area contributed by atoms with E-state index in [0.29, 0.717) is 0 Å². The highest BCUT2D eigenvalue weighted by Gasteiger charge is 2.38. The molecule has 2 nitrogen and oxygen atoms in total. The highest BCUT2D eigenvalue weighted by Crippen LogP contribution is 2.17. The first-order chi connectivity index (χ1) is 6.00. The van der Waals surface area contributed by atoms with Gasteiger partial charge in [-0.3, -0.25) is 4.79 Å². The number of nitrogens with one attached hydrogen (secondary N) is 1. The van der Waals surface area contributed by atoms with Crippen LogP contribution in [-0.4, -0.2) is 12.1 Å². The highest BCUT2D eigenvalue weighted by molar-refractivity contribution is 5.94. The smallest absolute Gasteiger partial charge is 0.318 e. The maximum Gasteiger partial charge on any atom is 0.471 e. The quantitative estimate of drug-likeness (QED) is 0.717. The SMILES string of the molecule is O=C(Nc1cc[c]cc1)C(F)(F)F. The maximum atomic E-state index is 11.7. The van der Waals surface area contributed by atoms with Crippen molar-refractivity contribution in [1.29, 1.82) is 0 Å². The molecule has 1 radical (unpaired) electrons. The molecule has 1 N–H and O–H groups in total. The molecule has 0 aliphatic rings. The van der Waals surface area contributed by atoms with Crippen LogP contribution in [0.1, 0.15) is 0 Å². The molecule has 0 saturated carbocycles. The van der Waals surface area contributed by atoms with Gasteiger partial charge in [-0.25, -0.2) is 0 Å². The van der Waals surface area contributed by atoms with E-state index in [1.54, 1.807) is 5.32 Å². The molecule has 1 aromatic rings. The van der Waals surface area contributed by atoms with E-state index >= 15 is 0 Å². The van der Waals surface area contributed by atoms with Gasteiger partial charge in [0.05, 0.1) is 0 Å².